The number of likely N-dealkylation sites (tertiary alicyclic amines) is 1. The van der Waals surface area contributed by atoms with E-state index >= 15 is 0 Å². The van der Waals surface area contributed by atoms with Gasteiger partial charge in [-0.05, 0) is 56.5 Å². The van der Waals surface area contributed by atoms with Crippen molar-refractivity contribution in [3.05, 3.63) is 11.7 Å². The fraction of sp³-hybridized carbons (Fsp3) is 0.824. The number of aryl methyl sites for hydroxylation is 1. The molecule has 3 heterocycles. The number of hydrogen-bond acceptors (Lipinski definition) is 5. The Bertz CT molecular complexity index is 585. The van der Waals surface area contributed by atoms with Crippen molar-refractivity contribution in [2.24, 2.45) is 17.3 Å². The van der Waals surface area contributed by atoms with Crippen molar-refractivity contribution < 1.29 is 9.32 Å². The highest BCUT2D eigenvalue weighted by Gasteiger charge is 2.58. The summed E-state index contributed by atoms with van der Waals surface area (Å²) in [6.07, 6.45) is 6.51. The van der Waals surface area contributed by atoms with Gasteiger partial charge >= 0.3 is 0 Å². The van der Waals surface area contributed by atoms with E-state index in [0.717, 1.165) is 57.7 Å². The van der Waals surface area contributed by atoms with Gasteiger partial charge < -0.3 is 14.7 Å². The minimum absolute atomic E-state index is 0. The van der Waals surface area contributed by atoms with Gasteiger partial charge in [-0.3, -0.25) is 4.79 Å². The van der Waals surface area contributed by atoms with E-state index in [2.05, 4.69) is 20.4 Å². The van der Waals surface area contributed by atoms with Crippen molar-refractivity contribution >= 4 is 18.3 Å². The van der Waals surface area contributed by atoms with Crippen molar-refractivity contribution in [3.8, 4) is 0 Å². The van der Waals surface area contributed by atoms with Crippen LogP contribution in [-0.2, 0) is 11.2 Å². The topological polar surface area (TPSA) is 71.3 Å². The molecule has 1 N–H and O–H groups in total. The molecule has 1 aromatic rings. The summed E-state index contributed by atoms with van der Waals surface area (Å²) in [4.78, 5) is 19.3. The summed E-state index contributed by atoms with van der Waals surface area (Å²) in [5.41, 5.74) is 0.333. The second kappa shape index (κ2) is 7.00. The van der Waals surface area contributed by atoms with Crippen LogP contribution in [0.1, 0.15) is 43.8 Å². The zero-order valence-electron chi connectivity index (χ0n) is 14.3. The maximum absolute atomic E-state index is 12.9. The van der Waals surface area contributed by atoms with Gasteiger partial charge in [-0.2, -0.15) is 4.98 Å². The van der Waals surface area contributed by atoms with Gasteiger partial charge in [-0.1, -0.05) is 5.16 Å². The molecule has 3 aliphatic rings. The summed E-state index contributed by atoms with van der Waals surface area (Å²) in [6, 6.07) is 0. The zero-order chi connectivity index (χ0) is 15.9. The standard InChI is InChI=1S/C17H26N4O2.ClH/c1-12-19-15(20-23-12)9-13-3-2-8-21(11-13)16(22)14-10-17(14)4-6-18-7-5-17;/h13-14,18H,2-11H2,1H3;1H. The molecule has 134 valence electrons. The fourth-order valence-electron chi connectivity index (χ4n) is 4.51. The highest BCUT2D eigenvalue weighted by atomic mass is 35.5. The largest absolute Gasteiger partial charge is 0.342 e. The van der Waals surface area contributed by atoms with Crippen LogP contribution in [-0.4, -0.2) is 47.1 Å². The van der Waals surface area contributed by atoms with Gasteiger partial charge in [0.2, 0.25) is 11.8 Å². The summed E-state index contributed by atoms with van der Waals surface area (Å²) in [5, 5.41) is 7.41. The van der Waals surface area contributed by atoms with Crippen molar-refractivity contribution in [1.29, 1.82) is 0 Å². The van der Waals surface area contributed by atoms with Crippen molar-refractivity contribution in [2.45, 2.75) is 45.4 Å². The third-order valence-electron chi connectivity index (χ3n) is 5.96. The first-order valence-electron chi connectivity index (χ1n) is 8.95. The van der Waals surface area contributed by atoms with Crippen LogP contribution < -0.4 is 5.32 Å². The number of rotatable bonds is 3. The number of hydrogen-bond donors (Lipinski definition) is 1. The van der Waals surface area contributed by atoms with Crippen LogP contribution in [0.2, 0.25) is 0 Å². The number of amides is 1. The number of nitrogens with one attached hydrogen (secondary N) is 1. The molecule has 2 unspecified atom stereocenters. The Kier molecular flexibility index (Phi) is 5.16. The molecule has 1 aliphatic carbocycles. The molecular formula is C17H27ClN4O2. The molecule has 2 saturated heterocycles. The maximum Gasteiger partial charge on any atom is 0.226 e. The minimum Gasteiger partial charge on any atom is -0.342 e. The monoisotopic (exact) mass is 354 g/mol. The first-order valence-corrected chi connectivity index (χ1v) is 8.95. The summed E-state index contributed by atoms with van der Waals surface area (Å²) in [5.74, 6) is 2.56. The van der Waals surface area contributed by atoms with E-state index in [4.69, 9.17) is 4.52 Å². The molecule has 2 aliphatic heterocycles. The molecule has 3 fully saturated rings. The second-order valence-corrected chi connectivity index (χ2v) is 7.60. The molecule has 1 amide bonds. The molecule has 7 heteroatoms. The zero-order valence-corrected chi connectivity index (χ0v) is 15.1. The predicted molar refractivity (Wildman–Crippen MR) is 91.9 cm³/mol. The van der Waals surface area contributed by atoms with Crippen LogP contribution in [0.25, 0.3) is 0 Å². The average molecular weight is 355 g/mol. The average Bonchev–Trinajstić information content (AvgIpc) is 3.09. The van der Waals surface area contributed by atoms with Crippen LogP contribution in [0.3, 0.4) is 0 Å². The molecule has 4 rings (SSSR count). The Morgan fingerprint density at radius 2 is 2.21 bits per heavy atom. The molecule has 2 atom stereocenters. The third-order valence-corrected chi connectivity index (χ3v) is 5.96. The van der Waals surface area contributed by atoms with Crippen LogP contribution in [0.5, 0.6) is 0 Å². The van der Waals surface area contributed by atoms with E-state index in [1.807, 2.05) is 6.92 Å². The lowest BCUT2D eigenvalue weighted by atomic mass is 9.90. The predicted octanol–water partition coefficient (Wildman–Crippen LogP) is 1.97. The molecule has 1 saturated carbocycles. The van der Waals surface area contributed by atoms with Crippen LogP contribution >= 0.6 is 12.4 Å². The van der Waals surface area contributed by atoms with Crippen LogP contribution in [0.4, 0.5) is 0 Å². The lowest BCUT2D eigenvalue weighted by Crippen LogP contribution is -2.43. The van der Waals surface area contributed by atoms with Gasteiger partial charge in [0, 0.05) is 32.4 Å². The molecule has 24 heavy (non-hydrogen) atoms. The number of carbonyl (C=O) groups is 1. The van der Waals surface area contributed by atoms with E-state index in [1.54, 1.807) is 0 Å². The fourth-order valence-corrected chi connectivity index (χ4v) is 4.51. The van der Waals surface area contributed by atoms with Gasteiger partial charge in [-0.15, -0.1) is 12.4 Å². The van der Waals surface area contributed by atoms with Crippen LogP contribution in [0.15, 0.2) is 4.52 Å². The highest BCUT2D eigenvalue weighted by molar-refractivity contribution is 5.85. The first kappa shape index (κ1) is 17.7. The van der Waals surface area contributed by atoms with E-state index in [1.165, 1.54) is 12.8 Å². The normalized spacial score (nSPS) is 28.5. The van der Waals surface area contributed by atoms with Crippen molar-refractivity contribution in [1.82, 2.24) is 20.4 Å². The lowest BCUT2D eigenvalue weighted by Gasteiger charge is -2.33. The Morgan fingerprint density at radius 3 is 2.92 bits per heavy atom. The van der Waals surface area contributed by atoms with Crippen molar-refractivity contribution in [2.75, 3.05) is 26.2 Å². The van der Waals surface area contributed by atoms with Crippen LogP contribution in [0, 0.1) is 24.2 Å². The molecular weight excluding hydrogens is 328 g/mol. The van der Waals surface area contributed by atoms with E-state index in [9.17, 15) is 4.79 Å². The summed E-state index contributed by atoms with van der Waals surface area (Å²) < 4.78 is 5.06. The maximum atomic E-state index is 12.9. The lowest BCUT2D eigenvalue weighted by molar-refractivity contribution is -0.135. The van der Waals surface area contributed by atoms with E-state index in [0.29, 0.717) is 23.1 Å². The SMILES string of the molecule is Cc1nc(CC2CCCN(C(=O)C3CC34CCNCC4)C2)no1.Cl. The van der Waals surface area contributed by atoms with Gasteiger partial charge in [-0.25, -0.2) is 0 Å². The Labute approximate surface area is 149 Å². The number of halogens is 1. The highest BCUT2D eigenvalue weighted by Crippen LogP contribution is 2.59. The van der Waals surface area contributed by atoms with E-state index in [-0.39, 0.29) is 18.3 Å². The number of nitrogens with zero attached hydrogens (tertiary/aromatic N) is 3. The Morgan fingerprint density at radius 1 is 1.42 bits per heavy atom. The number of piperidine rings is 2. The second-order valence-electron chi connectivity index (χ2n) is 7.60. The number of carbonyl (C=O) groups excluding carboxylic acids is 1. The quantitative estimate of drug-likeness (QED) is 0.898. The molecule has 1 spiro atoms. The minimum atomic E-state index is 0. The van der Waals surface area contributed by atoms with E-state index < -0.39 is 0 Å². The Balaban J connectivity index is 0.00000169. The molecule has 0 aromatic carbocycles. The van der Waals surface area contributed by atoms with Gasteiger partial charge in [0.15, 0.2) is 5.82 Å². The van der Waals surface area contributed by atoms with Gasteiger partial charge in [0.1, 0.15) is 0 Å². The molecule has 0 radical (unpaired) electrons. The molecule has 1 aromatic heterocycles. The van der Waals surface area contributed by atoms with Crippen molar-refractivity contribution in [3.63, 3.8) is 0 Å². The number of aromatic nitrogens is 2. The summed E-state index contributed by atoms with van der Waals surface area (Å²) in [6.45, 7) is 5.74. The third kappa shape index (κ3) is 3.45. The smallest absolute Gasteiger partial charge is 0.226 e. The summed E-state index contributed by atoms with van der Waals surface area (Å²) in [7, 11) is 0. The van der Waals surface area contributed by atoms with Gasteiger partial charge in [0.25, 0.3) is 0 Å². The Hall–Kier alpha value is -1.14. The first-order chi connectivity index (χ1) is 11.2. The molecule has 6 nitrogen and oxygen atoms in total. The van der Waals surface area contributed by atoms with Gasteiger partial charge in [0.05, 0.1) is 0 Å². The summed E-state index contributed by atoms with van der Waals surface area (Å²) >= 11 is 0. The molecule has 0 bridgehead atoms.